The van der Waals surface area contributed by atoms with Crippen LogP contribution in [0.15, 0.2) is 229 Å². The lowest BCUT2D eigenvalue weighted by Crippen LogP contribution is -2.10. The summed E-state index contributed by atoms with van der Waals surface area (Å²) in [5, 5.41) is 11.8. The highest BCUT2D eigenvalue weighted by Crippen LogP contribution is 2.46. The molecule has 0 spiro atoms. The Bertz CT molecular complexity index is 3770. The van der Waals surface area contributed by atoms with Gasteiger partial charge in [0.15, 0.2) is 0 Å². The van der Waals surface area contributed by atoms with Crippen LogP contribution in [0.3, 0.4) is 0 Å². The molecule has 4 aromatic heterocycles. The Balaban J connectivity index is 1.04. The molecule has 4 nitrogen and oxygen atoms in total. The minimum atomic E-state index is 1.10. The third-order valence-electron chi connectivity index (χ3n) is 12.6. The molecule has 9 aromatic carbocycles. The number of nitrogens with zero attached hydrogens (tertiary/aromatic N) is 4. The first kappa shape index (κ1) is 36.7. The van der Waals surface area contributed by atoms with Gasteiger partial charge >= 0.3 is 0 Å². The smallest absolute Gasteiger partial charge is 0.0804 e. The molecule has 0 aliphatic heterocycles. The van der Waals surface area contributed by atoms with Crippen LogP contribution in [-0.4, -0.2) is 9.13 Å². The maximum atomic E-state index is 2.51. The number of anilines is 6. The van der Waals surface area contributed by atoms with E-state index in [0.717, 1.165) is 45.5 Å². The summed E-state index contributed by atoms with van der Waals surface area (Å²) in [5.41, 5.74) is 13.7. The highest BCUT2D eigenvalue weighted by molar-refractivity contribution is 7.17. The molecule has 13 aromatic rings. The molecule has 302 valence electrons. The second-order valence-corrected chi connectivity index (χ2v) is 18.1. The van der Waals surface area contributed by atoms with Crippen molar-refractivity contribution >= 4 is 121 Å². The van der Waals surface area contributed by atoms with Crippen molar-refractivity contribution in [3.63, 3.8) is 0 Å². The van der Waals surface area contributed by atoms with Crippen LogP contribution in [0.25, 0.3) is 75.2 Å². The molecule has 0 radical (unpaired) electrons. The number of fused-ring (bicyclic) bond motifs is 8. The van der Waals surface area contributed by atoms with Gasteiger partial charge in [0, 0.05) is 65.4 Å². The average Bonchev–Trinajstić information content (AvgIpc) is 4.15. The molecule has 0 N–H and O–H groups in total. The van der Waals surface area contributed by atoms with Crippen LogP contribution in [0.5, 0.6) is 0 Å². The first-order chi connectivity index (χ1) is 31.7. The van der Waals surface area contributed by atoms with Gasteiger partial charge in [0.1, 0.15) is 0 Å². The average molecular weight is 855 g/mol. The molecule has 0 atom stereocenters. The Morgan fingerprint density at radius 3 is 1.25 bits per heavy atom. The number of rotatable bonds is 8. The fourth-order valence-electron chi connectivity index (χ4n) is 9.74. The van der Waals surface area contributed by atoms with Crippen LogP contribution < -0.4 is 9.80 Å². The summed E-state index contributed by atoms with van der Waals surface area (Å²) < 4.78 is 7.58. The zero-order chi connectivity index (χ0) is 42.1. The fraction of sp³-hybridized carbons (Fsp3) is 0. The van der Waals surface area contributed by atoms with E-state index in [4.69, 9.17) is 0 Å². The highest BCUT2D eigenvalue weighted by Gasteiger charge is 2.25. The lowest BCUT2D eigenvalue weighted by atomic mass is 10.1. The molecule has 0 aliphatic carbocycles. The molecule has 4 heterocycles. The number of hydrogen-bond donors (Lipinski definition) is 0. The van der Waals surface area contributed by atoms with E-state index in [0.29, 0.717) is 0 Å². The lowest BCUT2D eigenvalue weighted by Gasteiger charge is -2.27. The summed E-state index contributed by atoms with van der Waals surface area (Å²) in [6, 6.07) is 79.6. The number of para-hydroxylation sites is 3. The van der Waals surface area contributed by atoms with Crippen molar-refractivity contribution in [1.82, 2.24) is 9.13 Å². The van der Waals surface area contributed by atoms with E-state index in [-0.39, 0.29) is 0 Å². The molecule has 0 amide bonds. The van der Waals surface area contributed by atoms with E-state index in [1.807, 2.05) is 0 Å². The monoisotopic (exact) mass is 854 g/mol. The third-order valence-corrected chi connectivity index (χ3v) is 14.3. The van der Waals surface area contributed by atoms with Gasteiger partial charge < -0.3 is 18.9 Å². The second-order valence-electron chi connectivity index (χ2n) is 16.2. The molecule has 0 saturated heterocycles. The first-order valence-electron chi connectivity index (χ1n) is 21.6. The van der Waals surface area contributed by atoms with Crippen molar-refractivity contribution in [3.05, 3.63) is 229 Å². The van der Waals surface area contributed by atoms with Crippen LogP contribution in [-0.2, 0) is 0 Å². The van der Waals surface area contributed by atoms with Crippen LogP contribution in [0.4, 0.5) is 34.1 Å². The topological polar surface area (TPSA) is 16.3 Å². The van der Waals surface area contributed by atoms with Crippen molar-refractivity contribution in [3.8, 4) is 11.4 Å². The summed E-state index contributed by atoms with van der Waals surface area (Å²) in [4.78, 5) is 4.70. The minimum Gasteiger partial charge on any atom is -0.311 e. The first-order valence-corrected chi connectivity index (χ1v) is 23.3. The zero-order valence-corrected chi connectivity index (χ0v) is 36.2. The molecule has 0 bridgehead atoms. The van der Waals surface area contributed by atoms with Gasteiger partial charge in [0.2, 0.25) is 0 Å². The van der Waals surface area contributed by atoms with Gasteiger partial charge in [0.25, 0.3) is 0 Å². The zero-order valence-electron chi connectivity index (χ0n) is 34.5. The van der Waals surface area contributed by atoms with Crippen molar-refractivity contribution in [2.24, 2.45) is 0 Å². The standard InChI is InChI=1S/C58H38N4S2/c1-4-15-42(16-5-1)59(43-17-6-2-7-18-43)45-23-27-47(28-24-45)61-53-35-40-31-33-63-55(40)37-50(53)58-57(61)51-38-56-41(32-34-64-56)36-54(51)62(58)48-29-25-46(26-30-48)60(44-19-8-3-9-20-44)52-22-12-14-39-13-10-11-21-49(39)52/h1-38H. The molecule has 0 aliphatic rings. The van der Waals surface area contributed by atoms with Gasteiger partial charge in [-0.05, 0) is 154 Å². The second kappa shape index (κ2) is 14.9. The predicted molar refractivity (Wildman–Crippen MR) is 275 cm³/mol. The van der Waals surface area contributed by atoms with Gasteiger partial charge in [0.05, 0.1) is 27.8 Å². The van der Waals surface area contributed by atoms with Gasteiger partial charge in [-0.15, -0.1) is 22.7 Å². The number of thiophene rings is 2. The van der Waals surface area contributed by atoms with E-state index in [1.54, 1.807) is 22.7 Å². The fourth-order valence-corrected chi connectivity index (χ4v) is 11.4. The number of aromatic nitrogens is 2. The molecule has 64 heavy (non-hydrogen) atoms. The quantitative estimate of drug-likeness (QED) is 0.151. The van der Waals surface area contributed by atoms with Crippen LogP contribution in [0, 0.1) is 0 Å². The van der Waals surface area contributed by atoms with Crippen molar-refractivity contribution in [1.29, 1.82) is 0 Å². The van der Waals surface area contributed by atoms with E-state index in [1.165, 1.54) is 63.8 Å². The summed E-state index contributed by atoms with van der Waals surface area (Å²) in [5.74, 6) is 0. The van der Waals surface area contributed by atoms with E-state index in [9.17, 15) is 0 Å². The van der Waals surface area contributed by atoms with Crippen LogP contribution in [0.1, 0.15) is 0 Å². The molecular weight excluding hydrogens is 817 g/mol. The van der Waals surface area contributed by atoms with Crippen molar-refractivity contribution < 1.29 is 0 Å². The SMILES string of the molecule is c1ccc(N(c2ccccc2)c2ccc(-n3c4cc5ccsc5cc4c4c3c3cc5sccc5cc3n4-c3ccc(N(c4ccccc4)c4cccc5ccccc45)cc3)cc2)cc1. The molecular formula is C58H38N4S2. The minimum absolute atomic E-state index is 1.10. The van der Waals surface area contributed by atoms with Gasteiger partial charge in [-0.25, -0.2) is 0 Å². The molecule has 0 saturated carbocycles. The van der Waals surface area contributed by atoms with E-state index in [2.05, 4.69) is 248 Å². The van der Waals surface area contributed by atoms with Gasteiger partial charge in [-0.3, -0.25) is 0 Å². The highest BCUT2D eigenvalue weighted by atomic mass is 32.1. The van der Waals surface area contributed by atoms with Gasteiger partial charge in [-0.1, -0.05) is 91.0 Å². The third kappa shape index (κ3) is 5.88. The van der Waals surface area contributed by atoms with Crippen LogP contribution in [0.2, 0.25) is 0 Å². The maximum absolute atomic E-state index is 2.51. The summed E-state index contributed by atoms with van der Waals surface area (Å²) in [6.07, 6.45) is 0. The number of hydrogen-bond acceptors (Lipinski definition) is 4. The largest absolute Gasteiger partial charge is 0.311 e. The summed E-state index contributed by atoms with van der Waals surface area (Å²) in [7, 11) is 0. The number of benzene rings is 9. The Labute approximate surface area is 378 Å². The van der Waals surface area contributed by atoms with Crippen LogP contribution >= 0.6 is 22.7 Å². The van der Waals surface area contributed by atoms with Gasteiger partial charge in [-0.2, -0.15) is 0 Å². The molecule has 0 fully saturated rings. The Morgan fingerprint density at radius 2 is 0.734 bits per heavy atom. The van der Waals surface area contributed by atoms with Crippen molar-refractivity contribution in [2.45, 2.75) is 0 Å². The van der Waals surface area contributed by atoms with E-state index < -0.39 is 0 Å². The summed E-state index contributed by atoms with van der Waals surface area (Å²) >= 11 is 3.61. The normalized spacial score (nSPS) is 11.8. The lowest BCUT2D eigenvalue weighted by molar-refractivity contribution is 1.17. The maximum Gasteiger partial charge on any atom is 0.0804 e. The molecule has 0 unspecified atom stereocenters. The Hall–Kier alpha value is -7.90. The summed E-state index contributed by atoms with van der Waals surface area (Å²) in [6.45, 7) is 0. The molecule has 6 heteroatoms. The Kier molecular flexibility index (Phi) is 8.54. The van der Waals surface area contributed by atoms with Crippen molar-refractivity contribution in [2.75, 3.05) is 9.80 Å². The Morgan fingerprint density at radius 1 is 0.312 bits per heavy atom. The van der Waals surface area contributed by atoms with E-state index >= 15 is 0 Å². The predicted octanol–water partition coefficient (Wildman–Crippen LogP) is 17.2. The molecule has 13 rings (SSSR count).